The third kappa shape index (κ3) is 8.51. The van der Waals surface area contributed by atoms with Gasteiger partial charge in [-0.25, -0.2) is 0 Å². The predicted octanol–water partition coefficient (Wildman–Crippen LogP) is 12.2. The Labute approximate surface area is 250 Å². The molecule has 0 aromatic rings. The van der Waals surface area contributed by atoms with Gasteiger partial charge in [0.05, 0.1) is 0 Å². The monoisotopic (exact) mass is 548 g/mol. The minimum absolute atomic E-state index is 0.112. The summed E-state index contributed by atoms with van der Waals surface area (Å²) in [5, 5.41) is 3.79. The summed E-state index contributed by atoms with van der Waals surface area (Å²) in [6, 6.07) is 0. The molecule has 1 heteroatoms. The molecular weight excluding hydrogens is 482 g/mol. The number of rotatable bonds is 14. The van der Waals surface area contributed by atoms with Gasteiger partial charge in [0.1, 0.15) is 0 Å². The van der Waals surface area contributed by atoms with Crippen LogP contribution in [0.15, 0.2) is 59.9 Å². The van der Waals surface area contributed by atoms with Crippen LogP contribution in [0.5, 0.6) is 0 Å². The first-order chi connectivity index (χ1) is 18.7. The van der Waals surface area contributed by atoms with Crippen molar-refractivity contribution in [3.63, 3.8) is 0 Å². The molecule has 3 aliphatic carbocycles. The highest BCUT2D eigenvalue weighted by molar-refractivity contribution is 5.36. The lowest BCUT2D eigenvalue weighted by molar-refractivity contribution is 0.0559. The summed E-state index contributed by atoms with van der Waals surface area (Å²) < 4.78 is 0. The van der Waals surface area contributed by atoms with Crippen molar-refractivity contribution in [2.75, 3.05) is 0 Å². The Morgan fingerprint density at radius 1 is 0.925 bits per heavy atom. The van der Waals surface area contributed by atoms with E-state index < -0.39 is 0 Å². The van der Waals surface area contributed by atoms with Gasteiger partial charge in [0.15, 0.2) is 0 Å². The van der Waals surface area contributed by atoms with Crippen molar-refractivity contribution < 1.29 is 0 Å². The third-order valence-corrected chi connectivity index (χ3v) is 11.4. The molecule has 3 rings (SSSR count). The van der Waals surface area contributed by atoms with E-state index in [0.29, 0.717) is 16.2 Å². The number of hydrogen-bond acceptors (Lipinski definition) is 1. The van der Waals surface area contributed by atoms with Gasteiger partial charge in [0.25, 0.3) is 0 Å². The Morgan fingerprint density at radius 2 is 1.65 bits per heavy atom. The molecule has 1 N–H and O–H groups in total. The molecule has 1 nitrogen and oxygen atoms in total. The number of hydrogen-bond donors (Lipinski definition) is 1. The molecular formula is C39H65N. The summed E-state index contributed by atoms with van der Waals surface area (Å²) in [7, 11) is 0. The summed E-state index contributed by atoms with van der Waals surface area (Å²) in [6.07, 6.45) is 26.8. The van der Waals surface area contributed by atoms with Gasteiger partial charge in [0.2, 0.25) is 0 Å². The van der Waals surface area contributed by atoms with E-state index in [0.717, 1.165) is 18.8 Å². The Balaban J connectivity index is 1.45. The van der Waals surface area contributed by atoms with Crippen LogP contribution in [0.2, 0.25) is 0 Å². The summed E-state index contributed by atoms with van der Waals surface area (Å²) in [5.74, 6) is 0.860. The topological polar surface area (TPSA) is 12.0 Å². The molecule has 0 spiro atoms. The average Bonchev–Trinajstić information content (AvgIpc) is 3.10. The first kappa shape index (κ1) is 33.0. The zero-order chi connectivity index (χ0) is 29.6. The van der Waals surface area contributed by atoms with Gasteiger partial charge in [-0.15, -0.1) is 6.58 Å². The lowest BCUT2D eigenvalue weighted by Gasteiger charge is -2.50. The maximum absolute atomic E-state index is 4.43. The maximum atomic E-state index is 4.43. The molecule has 3 aliphatic rings. The molecule has 0 amide bonds. The van der Waals surface area contributed by atoms with Gasteiger partial charge in [0, 0.05) is 11.2 Å². The van der Waals surface area contributed by atoms with E-state index in [1.807, 2.05) is 0 Å². The van der Waals surface area contributed by atoms with Gasteiger partial charge in [-0.1, -0.05) is 82.6 Å². The fourth-order valence-electron chi connectivity index (χ4n) is 8.82. The highest BCUT2D eigenvalue weighted by Crippen LogP contribution is 2.66. The first-order valence-corrected chi connectivity index (χ1v) is 16.9. The number of fused-ring (bicyclic) bond motifs is 1. The minimum atomic E-state index is 0.112. The van der Waals surface area contributed by atoms with Crippen LogP contribution in [0, 0.1) is 22.2 Å². The van der Waals surface area contributed by atoms with Gasteiger partial charge in [-0.3, -0.25) is 0 Å². The molecule has 226 valence electrons. The third-order valence-electron chi connectivity index (χ3n) is 11.4. The van der Waals surface area contributed by atoms with Crippen LogP contribution < -0.4 is 5.32 Å². The van der Waals surface area contributed by atoms with E-state index in [4.69, 9.17) is 0 Å². The standard InChI is InChI=1S/C39H65N/c1-30(2)29-36(5,6)25-16-26-37(7,8)40-32(4)18-12-14-20-35-24-28-39(10)34(21-15-27-38(35,39)9)23-22-33-19-13-11-17-31(33)3/h22-23,35,40H,1,3-4,11-21,24-29H2,2,5-10H3/b33-22-,34-23+/t35?,38?,39-/m0/s1. The van der Waals surface area contributed by atoms with Crippen LogP contribution in [0.25, 0.3) is 0 Å². The van der Waals surface area contributed by atoms with Crippen molar-refractivity contribution in [2.45, 2.75) is 163 Å². The lowest BCUT2D eigenvalue weighted by Crippen LogP contribution is -2.41. The van der Waals surface area contributed by atoms with Crippen molar-refractivity contribution in [1.29, 1.82) is 0 Å². The largest absolute Gasteiger partial charge is 0.384 e. The number of unbranched alkanes of at least 4 members (excludes halogenated alkanes) is 1. The zero-order valence-electron chi connectivity index (χ0n) is 27.9. The van der Waals surface area contributed by atoms with E-state index in [1.54, 1.807) is 5.57 Å². The SMILES string of the molecule is C=C(C)CC(C)(C)CCCC(C)(C)NC(=C)CCCCC1CC[C@@]2(C)/C(=C/C=C3/CCCCC3=C)CCCC12C. The summed E-state index contributed by atoms with van der Waals surface area (Å²) in [4.78, 5) is 0. The highest BCUT2D eigenvalue weighted by Gasteiger charge is 2.56. The van der Waals surface area contributed by atoms with E-state index in [-0.39, 0.29) is 5.54 Å². The molecule has 40 heavy (non-hydrogen) atoms. The smallest absolute Gasteiger partial charge is 0.0314 e. The van der Waals surface area contributed by atoms with Crippen molar-refractivity contribution in [3.8, 4) is 0 Å². The van der Waals surface area contributed by atoms with Crippen molar-refractivity contribution in [1.82, 2.24) is 5.32 Å². The quantitative estimate of drug-likeness (QED) is 0.168. The second kappa shape index (κ2) is 13.6. The minimum Gasteiger partial charge on any atom is -0.384 e. The normalized spacial score (nSPS) is 29.6. The van der Waals surface area contributed by atoms with Crippen LogP contribution >= 0.6 is 0 Å². The Kier molecular flexibility index (Phi) is 11.3. The van der Waals surface area contributed by atoms with Gasteiger partial charge in [-0.05, 0) is 145 Å². The highest BCUT2D eigenvalue weighted by atomic mass is 15.0. The molecule has 0 radical (unpaired) electrons. The van der Waals surface area contributed by atoms with E-state index >= 15 is 0 Å². The molecule has 3 saturated carbocycles. The predicted molar refractivity (Wildman–Crippen MR) is 178 cm³/mol. The summed E-state index contributed by atoms with van der Waals surface area (Å²) in [6.45, 7) is 29.8. The molecule has 0 aromatic carbocycles. The summed E-state index contributed by atoms with van der Waals surface area (Å²) >= 11 is 0. The molecule has 2 unspecified atom stereocenters. The van der Waals surface area contributed by atoms with Crippen LogP contribution in [0.1, 0.15) is 158 Å². The van der Waals surface area contributed by atoms with Crippen LogP contribution in [0.3, 0.4) is 0 Å². The van der Waals surface area contributed by atoms with E-state index in [9.17, 15) is 0 Å². The molecule has 0 aromatic heterocycles. The number of allylic oxidation sites excluding steroid dienone is 7. The van der Waals surface area contributed by atoms with E-state index in [2.05, 4.69) is 85.7 Å². The van der Waals surface area contributed by atoms with Crippen LogP contribution in [-0.4, -0.2) is 5.54 Å². The molecule has 0 bridgehead atoms. The summed E-state index contributed by atoms with van der Waals surface area (Å²) in [5.41, 5.74) is 8.46. The van der Waals surface area contributed by atoms with Crippen LogP contribution in [-0.2, 0) is 0 Å². The first-order valence-electron chi connectivity index (χ1n) is 16.9. The second-order valence-corrected chi connectivity index (χ2v) is 16.0. The van der Waals surface area contributed by atoms with Crippen molar-refractivity contribution in [2.24, 2.45) is 22.2 Å². The second-order valence-electron chi connectivity index (χ2n) is 16.0. The van der Waals surface area contributed by atoms with Crippen molar-refractivity contribution in [3.05, 3.63) is 59.9 Å². The molecule has 0 aliphatic heterocycles. The van der Waals surface area contributed by atoms with Gasteiger partial charge < -0.3 is 5.32 Å². The Bertz CT molecular complexity index is 971. The number of nitrogens with one attached hydrogen (secondary N) is 1. The lowest BCUT2D eigenvalue weighted by atomic mass is 9.54. The maximum Gasteiger partial charge on any atom is 0.0314 e. The van der Waals surface area contributed by atoms with Gasteiger partial charge in [-0.2, -0.15) is 0 Å². The van der Waals surface area contributed by atoms with E-state index in [1.165, 1.54) is 119 Å². The zero-order valence-corrected chi connectivity index (χ0v) is 27.9. The molecule has 3 atom stereocenters. The fourth-order valence-corrected chi connectivity index (χ4v) is 8.82. The molecule has 0 saturated heterocycles. The average molecular weight is 548 g/mol. The Morgan fingerprint density at radius 3 is 2.35 bits per heavy atom. The fraction of sp³-hybridized carbons (Fsp3) is 0.744. The van der Waals surface area contributed by atoms with Gasteiger partial charge >= 0.3 is 0 Å². The van der Waals surface area contributed by atoms with Crippen LogP contribution in [0.4, 0.5) is 0 Å². The molecule has 3 fully saturated rings. The Hall–Kier alpha value is -1.50. The molecule has 0 heterocycles. The van der Waals surface area contributed by atoms with Crippen molar-refractivity contribution >= 4 is 0 Å².